The topological polar surface area (TPSA) is 114 Å². The summed E-state index contributed by atoms with van der Waals surface area (Å²) in [6, 6.07) is 16.4. The smallest absolute Gasteiger partial charge is 0.341 e. The van der Waals surface area contributed by atoms with E-state index in [0.717, 1.165) is 16.2 Å². The molecule has 218 valence electrons. The van der Waals surface area contributed by atoms with Crippen LogP contribution in [-0.2, 0) is 14.3 Å². The van der Waals surface area contributed by atoms with E-state index < -0.39 is 11.2 Å². The van der Waals surface area contributed by atoms with Gasteiger partial charge in [0.1, 0.15) is 5.00 Å². The number of benzene rings is 2. The predicted octanol–water partition coefficient (Wildman–Crippen LogP) is 7.37. The lowest BCUT2D eigenvalue weighted by Crippen LogP contribution is -2.25. The van der Waals surface area contributed by atoms with Gasteiger partial charge in [-0.3, -0.25) is 14.4 Å². The second kappa shape index (κ2) is 14.3. The lowest BCUT2D eigenvalue weighted by molar-refractivity contribution is -0.118. The molecule has 3 rings (SSSR count). The minimum Gasteiger partial charge on any atom is -0.462 e. The molecule has 0 bridgehead atoms. The Balaban J connectivity index is 1.80. The molecule has 0 saturated carbocycles. The van der Waals surface area contributed by atoms with Gasteiger partial charge in [-0.05, 0) is 61.6 Å². The minimum absolute atomic E-state index is 0.0731. The van der Waals surface area contributed by atoms with E-state index in [4.69, 9.17) is 4.74 Å². The zero-order valence-electron chi connectivity index (χ0n) is 24.3. The third-order valence-corrected chi connectivity index (χ3v) is 8.42. The summed E-state index contributed by atoms with van der Waals surface area (Å²) in [6.07, 6.45) is 0.899. The van der Waals surface area contributed by atoms with E-state index in [9.17, 15) is 19.2 Å². The molecule has 0 radical (unpaired) electrons. The maximum absolute atomic E-state index is 13.4. The Hall–Kier alpha value is -3.63. The van der Waals surface area contributed by atoms with Crippen LogP contribution in [0.15, 0.2) is 59.5 Å². The summed E-state index contributed by atoms with van der Waals surface area (Å²) in [5.41, 5.74) is 1.76. The Kier molecular flexibility index (Phi) is 11.1. The van der Waals surface area contributed by atoms with Gasteiger partial charge >= 0.3 is 5.97 Å². The van der Waals surface area contributed by atoms with Crippen LogP contribution in [-0.4, -0.2) is 35.5 Å². The number of hydrogen-bond acceptors (Lipinski definition) is 7. The molecule has 3 aromatic rings. The van der Waals surface area contributed by atoms with Crippen LogP contribution in [0, 0.1) is 12.3 Å². The molecule has 0 fully saturated rings. The molecule has 0 aliphatic rings. The average Bonchev–Trinajstić information content (AvgIpc) is 3.22. The van der Waals surface area contributed by atoms with Gasteiger partial charge in [0.25, 0.3) is 5.91 Å². The van der Waals surface area contributed by atoms with E-state index in [2.05, 4.69) is 16.0 Å². The Morgan fingerprint density at radius 3 is 2.24 bits per heavy atom. The molecule has 1 unspecified atom stereocenters. The van der Waals surface area contributed by atoms with Gasteiger partial charge in [-0.15, -0.1) is 23.1 Å². The van der Waals surface area contributed by atoms with Crippen LogP contribution in [0.5, 0.6) is 0 Å². The number of esters is 1. The van der Waals surface area contributed by atoms with Crippen LogP contribution < -0.4 is 16.0 Å². The van der Waals surface area contributed by atoms with Crippen LogP contribution in [0.2, 0.25) is 0 Å². The summed E-state index contributed by atoms with van der Waals surface area (Å²) >= 11 is 2.40. The fourth-order valence-electron chi connectivity index (χ4n) is 3.99. The average molecular weight is 596 g/mol. The maximum atomic E-state index is 13.4. The first-order chi connectivity index (χ1) is 19.4. The Morgan fingerprint density at radius 2 is 1.61 bits per heavy atom. The van der Waals surface area contributed by atoms with Crippen molar-refractivity contribution >= 4 is 63.2 Å². The zero-order valence-corrected chi connectivity index (χ0v) is 25.9. The molecular formula is C31H37N3O5S2. The number of ether oxygens (including phenoxy) is 1. The van der Waals surface area contributed by atoms with Gasteiger partial charge in [0.15, 0.2) is 0 Å². The van der Waals surface area contributed by atoms with Gasteiger partial charge in [-0.2, -0.15) is 0 Å². The number of anilines is 3. The number of carbonyl (C=O) groups excluding carboxylic acids is 4. The Morgan fingerprint density at radius 1 is 0.927 bits per heavy atom. The number of hydrogen-bond donors (Lipinski definition) is 3. The van der Waals surface area contributed by atoms with Crippen molar-refractivity contribution < 1.29 is 23.9 Å². The SMILES string of the molecule is CCOC(=O)c1c(NC(=O)C(CC)Sc2cccc(NC(=O)CC(C)(C)C)c2)sc(C(=O)Nc2ccccc2)c1C. The summed E-state index contributed by atoms with van der Waals surface area (Å²) in [6.45, 7) is 11.4. The highest BCUT2D eigenvalue weighted by Gasteiger charge is 2.28. The summed E-state index contributed by atoms with van der Waals surface area (Å²) in [5.74, 6) is -1.36. The second-order valence-electron chi connectivity index (χ2n) is 10.6. The van der Waals surface area contributed by atoms with Crippen LogP contribution in [0.1, 0.15) is 73.1 Å². The first-order valence-electron chi connectivity index (χ1n) is 13.5. The van der Waals surface area contributed by atoms with E-state index in [0.29, 0.717) is 34.7 Å². The van der Waals surface area contributed by atoms with Crippen LogP contribution in [0.3, 0.4) is 0 Å². The van der Waals surface area contributed by atoms with Gasteiger partial charge in [-0.25, -0.2) is 4.79 Å². The molecule has 10 heteroatoms. The molecule has 2 aromatic carbocycles. The number of nitrogens with one attached hydrogen (secondary N) is 3. The molecule has 3 N–H and O–H groups in total. The molecule has 1 atom stereocenters. The number of amides is 3. The van der Waals surface area contributed by atoms with Crippen molar-refractivity contribution in [2.24, 2.45) is 5.41 Å². The van der Waals surface area contributed by atoms with E-state index in [1.54, 1.807) is 26.0 Å². The standard InChI is InChI=1S/C31H37N3O5S2/c1-7-23(40-22-16-12-15-21(17-22)32-24(35)18-31(4,5)6)27(36)34-29-25(30(38)39-8-2)19(3)26(41-29)28(37)33-20-13-10-9-11-14-20/h9-17,23H,7-8,18H2,1-6H3,(H,32,35)(H,33,37)(H,34,36). The highest BCUT2D eigenvalue weighted by Crippen LogP contribution is 2.36. The van der Waals surface area contributed by atoms with Crippen molar-refractivity contribution in [3.63, 3.8) is 0 Å². The number of thiophene rings is 1. The van der Waals surface area contributed by atoms with Gasteiger partial charge < -0.3 is 20.7 Å². The summed E-state index contributed by atoms with van der Waals surface area (Å²) < 4.78 is 5.24. The Bertz CT molecular complexity index is 1400. The monoisotopic (exact) mass is 595 g/mol. The van der Waals surface area contributed by atoms with Gasteiger partial charge in [0.05, 0.1) is 22.3 Å². The number of para-hydroxylation sites is 1. The fraction of sp³-hybridized carbons (Fsp3) is 0.355. The first-order valence-corrected chi connectivity index (χ1v) is 15.2. The summed E-state index contributed by atoms with van der Waals surface area (Å²) in [7, 11) is 0. The van der Waals surface area contributed by atoms with Crippen molar-refractivity contribution in [2.75, 3.05) is 22.6 Å². The maximum Gasteiger partial charge on any atom is 0.341 e. The zero-order chi connectivity index (χ0) is 30.2. The fourth-order valence-corrected chi connectivity index (χ4v) is 6.10. The van der Waals surface area contributed by atoms with Crippen LogP contribution in [0.4, 0.5) is 16.4 Å². The first kappa shape index (κ1) is 31.9. The van der Waals surface area contributed by atoms with Crippen molar-refractivity contribution in [3.05, 3.63) is 70.6 Å². The molecule has 0 saturated heterocycles. The number of carbonyl (C=O) groups is 4. The van der Waals surface area contributed by atoms with Gasteiger partial charge in [0.2, 0.25) is 11.8 Å². The van der Waals surface area contributed by atoms with Crippen molar-refractivity contribution in [1.29, 1.82) is 0 Å². The van der Waals surface area contributed by atoms with Crippen molar-refractivity contribution in [1.82, 2.24) is 0 Å². The van der Waals surface area contributed by atoms with Crippen LogP contribution in [0.25, 0.3) is 0 Å². The summed E-state index contributed by atoms with van der Waals surface area (Å²) in [5, 5.41) is 8.42. The van der Waals surface area contributed by atoms with Crippen LogP contribution >= 0.6 is 23.1 Å². The lowest BCUT2D eigenvalue weighted by atomic mass is 9.92. The Labute approximate surface area is 249 Å². The number of thioether (sulfide) groups is 1. The van der Waals surface area contributed by atoms with E-state index in [-0.39, 0.29) is 40.3 Å². The molecule has 0 aliphatic carbocycles. The predicted molar refractivity (Wildman–Crippen MR) is 167 cm³/mol. The van der Waals surface area contributed by atoms with Gasteiger partial charge in [-0.1, -0.05) is 52.0 Å². The summed E-state index contributed by atoms with van der Waals surface area (Å²) in [4.78, 5) is 52.9. The largest absolute Gasteiger partial charge is 0.462 e. The highest BCUT2D eigenvalue weighted by atomic mass is 32.2. The molecule has 1 heterocycles. The van der Waals surface area contributed by atoms with E-state index >= 15 is 0 Å². The molecule has 3 amide bonds. The lowest BCUT2D eigenvalue weighted by Gasteiger charge is -2.18. The van der Waals surface area contributed by atoms with Crippen molar-refractivity contribution in [3.8, 4) is 0 Å². The molecule has 1 aromatic heterocycles. The molecule has 0 spiro atoms. The van der Waals surface area contributed by atoms with E-state index in [1.807, 2.05) is 70.2 Å². The normalized spacial score (nSPS) is 11.9. The van der Waals surface area contributed by atoms with Crippen molar-refractivity contribution in [2.45, 2.75) is 64.5 Å². The molecule has 0 aliphatic heterocycles. The van der Waals surface area contributed by atoms with Gasteiger partial charge in [0, 0.05) is 22.7 Å². The molecular weight excluding hydrogens is 558 g/mol. The number of rotatable bonds is 11. The molecule has 41 heavy (non-hydrogen) atoms. The molecule has 8 nitrogen and oxygen atoms in total. The second-order valence-corrected chi connectivity index (χ2v) is 12.9. The third kappa shape index (κ3) is 9.19. The third-order valence-electron chi connectivity index (χ3n) is 5.85. The van der Waals surface area contributed by atoms with E-state index in [1.165, 1.54) is 11.8 Å². The minimum atomic E-state index is -0.602. The quantitative estimate of drug-likeness (QED) is 0.158. The highest BCUT2D eigenvalue weighted by molar-refractivity contribution is 8.00.